The summed E-state index contributed by atoms with van der Waals surface area (Å²) in [6.07, 6.45) is 0. The first-order valence-corrected chi connectivity index (χ1v) is 6.44. The molecular weight excluding hydrogens is 272 g/mol. The first-order valence-electron chi connectivity index (χ1n) is 6.44. The molecule has 5 heteroatoms. The van der Waals surface area contributed by atoms with Gasteiger partial charge in [-0.2, -0.15) is 0 Å². The van der Waals surface area contributed by atoms with E-state index in [1.807, 2.05) is 18.2 Å². The van der Waals surface area contributed by atoms with Gasteiger partial charge in [0.25, 0.3) is 0 Å². The van der Waals surface area contributed by atoms with E-state index in [0.29, 0.717) is 35.4 Å². The SMILES string of the molecule is [CH2]COc1cccc2c(OC)c(OC)c(OC)c(OC)c12. The van der Waals surface area contributed by atoms with Crippen molar-refractivity contribution in [2.45, 2.75) is 0 Å². The van der Waals surface area contributed by atoms with E-state index in [4.69, 9.17) is 23.7 Å². The highest BCUT2D eigenvalue weighted by molar-refractivity contribution is 6.02. The number of ether oxygens (including phenoxy) is 5. The second-order valence-corrected chi connectivity index (χ2v) is 4.16. The fraction of sp³-hybridized carbons (Fsp3) is 0.312. The molecule has 5 nitrogen and oxygen atoms in total. The van der Waals surface area contributed by atoms with E-state index in [-0.39, 0.29) is 0 Å². The molecule has 0 saturated carbocycles. The smallest absolute Gasteiger partial charge is 0.208 e. The van der Waals surface area contributed by atoms with Crippen LogP contribution in [-0.2, 0) is 0 Å². The standard InChI is InChI=1S/C16H19O5/c1-6-21-11-9-7-8-10-12(11)14(18-3)16(20-5)15(19-4)13(10)17-2/h7-9H,1,6H2,2-5H3. The molecule has 0 amide bonds. The van der Waals surface area contributed by atoms with Crippen molar-refractivity contribution in [3.63, 3.8) is 0 Å². The third kappa shape index (κ3) is 2.39. The molecule has 2 rings (SSSR count). The van der Waals surface area contributed by atoms with Gasteiger partial charge in [-0.25, -0.2) is 0 Å². The molecule has 2 aromatic carbocycles. The van der Waals surface area contributed by atoms with Crippen molar-refractivity contribution < 1.29 is 23.7 Å². The van der Waals surface area contributed by atoms with Crippen LogP contribution < -0.4 is 23.7 Å². The summed E-state index contributed by atoms with van der Waals surface area (Å²) in [5, 5.41) is 1.58. The predicted molar refractivity (Wildman–Crippen MR) is 81.0 cm³/mol. The zero-order valence-corrected chi connectivity index (χ0v) is 12.7. The molecule has 0 aliphatic rings. The molecule has 0 bridgehead atoms. The minimum atomic E-state index is 0.304. The minimum Gasteiger partial charge on any atom is -0.493 e. The summed E-state index contributed by atoms with van der Waals surface area (Å²) >= 11 is 0. The van der Waals surface area contributed by atoms with E-state index in [1.54, 1.807) is 28.4 Å². The highest BCUT2D eigenvalue weighted by atomic mass is 16.5. The van der Waals surface area contributed by atoms with Crippen LogP contribution in [0.4, 0.5) is 0 Å². The molecule has 0 aliphatic heterocycles. The summed E-state index contributed by atoms with van der Waals surface area (Å²) < 4.78 is 27.5. The van der Waals surface area contributed by atoms with Crippen molar-refractivity contribution in [2.75, 3.05) is 35.0 Å². The summed E-state index contributed by atoms with van der Waals surface area (Å²) in [7, 11) is 6.26. The second kappa shape index (κ2) is 6.43. The van der Waals surface area contributed by atoms with Gasteiger partial charge in [-0.05, 0) is 13.0 Å². The van der Waals surface area contributed by atoms with Crippen LogP contribution in [0.1, 0.15) is 0 Å². The number of hydrogen-bond acceptors (Lipinski definition) is 5. The number of hydrogen-bond donors (Lipinski definition) is 0. The van der Waals surface area contributed by atoms with Crippen molar-refractivity contribution in [1.82, 2.24) is 0 Å². The average molecular weight is 291 g/mol. The van der Waals surface area contributed by atoms with Crippen molar-refractivity contribution in [3.05, 3.63) is 25.1 Å². The zero-order valence-electron chi connectivity index (χ0n) is 12.7. The lowest BCUT2D eigenvalue weighted by Crippen LogP contribution is -2.01. The van der Waals surface area contributed by atoms with Crippen molar-refractivity contribution >= 4 is 10.8 Å². The van der Waals surface area contributed by atoms with E-state index in [2.05, 4.69) is 6.92 Å². The normalized spacial score (nSPS) is 10.3. The third-order valence-electron chi connectivity index (χ3n) is 3.19. The van der Waals surface area contributed by atoms with Crippen molar-refractivity contribution in [1.29, 1.82) is 0 Å². The highest BCUT2D eigenvalue weighted by Crippen LogP contribution is 2.53. The first-order chi connectivity index (χ1) is 10.2. The van der Waals surface area contributed by atoms with Gasteiger partial charge >= 0.3 is 0 Å². The predicted octanol–water partition coefficient (Wildman–Crippen LogP) is 3.09. The van der Waals surface area contributed by atoms with Gasteiger partial charge in [-0.15, -0.1) is 0 Å². The van der Waals surface area contributed by atoms with Gasteiger partial charge in [0.15, 0.2) is 11.5 Å². The van der Waals surface area contributed by atoms with Gasteiger partial charge in [-0.3, -0.25) is 0 Å². The molecule has 0 N–H and O–H groups in total. The fourth-order valence-corrected chi connectivity index (χ4v) is 2.40. The summed E-state index contributed by atoms with van der Waals surface area (Å²) in [5.74, 6) is 2.70. The van der Waals surface area contributed by atoms with E-state index in [9.17, 15) is 0 Å². The fourth-order valence-electron chi connectivity index (χ4n) is 2.40. The largest absolute Gasteiger partial charge is 0.493 e. The lowest BCUT2D eigenvalue weighted by Gasteiger charge is -2.20. The molecular formula is C16H19O5. The second-order valence-electron chi connectivity index (χ2n) is 4.16. The van der Waals surface area contributed by atoms with Crippen LogP contribution in [0.2, 0.25) is 0 Å². The summed E-state index contributed by atoms with van der Waals surface area (Å²) in [5.41, 5.74) is 0. The van der Waals surface area contributed by atoms with Gasteiger partial charge in [0.05, 0.1) is 40.4 Å². The summed E-state index contributed by atoms with van der Waals surface area (Å²) in [4.78, 5) is 0. The van der Waals surface area contributed by atoms with Crippen molar-refractivity contribution in [2.24, 2.45) is 0 Å². The monoisotopic (exact) mass is 291 g/mol. The Morgan fingerprint density at radius 3 is 1.90 bits per heavy atom. The highest BCUT2D eigenvalue weighted by Gasteiger charge is 2.24. The molecule has 2 aromatic rings. The molecule has 0 aromatic heterocycles. The van der Waals surface area contributed by atoms with Crippen LogP contribution in [0.25, 0.3) is 10.8 Å². The molecule has 0 unspecified atom stereocenters. The van der Waals surface area contributed by atoms with Gasteiger partial charge < -0.3 is 23.7 Å². The Balaban J connectivity index is 2.96. The quantitative estimate of drug-likeness (QED) is 0.818. The first kappa shape index (κ1) is 15.1. The van der Waals surface area contributed by atoms with Gasteiger partial charge in [0.1, 0.15) is 5.75 Å². The molecule has 0 heterocycles. The Kier molecular flexibility index (Phi) is 4.62. The van der Waals surface area contributed by atoms with Crippen LogP contribution >= 0.6 is 0 Å². The van der Waals surface area contributed by atoms with Crippen LogP contribution in [0.3, 0.4) is 0 Å². The van der Waals surface area contributed by atoms with Gasteiger partial charge in [0.2, 0.25) is 11.5 Å². The maximum atomic E-state index is 5.59. The Morgan fingerprint density at radius 2 is 1.38 bits per heavy atom. The molecule has 0 aliphatic carbocycles. The lowest BCUT2D eigenvalue weighted by molar-refractivity contribution is 0.308. The maximum absolute atomic E-state index is 5.59. The topological polar surface area (TPSA) is 46.2 Å². The molecule has 113 valence electrons. The van der Waals surface area contributed by atoms with Gasteiger partial charge in [-0.1, -0.05) is 12.1 Å². The van der Waals surface area contributed by atoms with E-state index < -0.39 is 0 Å². The number of benzene rings is 2. The lowest BCUT2D eigenvalue weighted by atomic mass is 10.1. The van der Waals surface area contributed by atoms with Crippen LogP contribution in [0.5, 0.6) is 28.7 Å². The van der Waals surface area contributed by atoms with E-state index >= 15 is 0 Å². The molecule has 0 spiro atoms. The molecule has 21 heavy (non-hydrogen) atoms. The Bertz CT molecular complexity index is 636. The van der Waals surface area contributed by atoms with Crippen molar-refractivity contribution in [3.8, 4) is 28.7 Å². The molecule has 0 atom stereocenters. The Labute approximate surface area is 124 Å². The Morgan fingerprint density at radius 1 is 0.810 bits per heavy atom. The maximum Gasteiger partial charge on any atom is 0.208 e. The van der Waals surface area contributed by atoms with E-state index in [1.165, 1.54) is 0 Å². The molecule has 0 fully saturated rings. The summed E-state index contributed by atoms with van der Waals surface area (Å²) in [6.45, 7) is 4.02. The van der Waals surface area contributed by atoms with Crippen LogP contribution in [0, 0.1) is 6.92 Å². The van der Waals surface area contributed by atoms with Gasteiger partial charge in [0, 0.05) is 5.39 Å². The summed E-state index contributed by atoms with van der Waals surface area (Å²) in [6, 6.07) is 5.64. The molecule has 1 radical (unpaired) electrons. The van der Waals surface area contributed by atoms with E-state index in [0.717, 1.165) is 10.8 Å². The third-order valence-corrected chi connectivity index (χ3v) is 3.19. The Hall–Kier alpha value is -2.30. The average Bonchev–Trinajstić information content (AvgIpc) is 2.52. The zero-order chi connectivity index (χ0) is 15.4. The number of methoxy groups -OCH3 is 4. The molecule has 0 saturated heterocycles. The van der Waals surface area contributed by atoms with Crippen LogP contribution in [0.15, 0.2) is 18.2 Å². The number of fused-ring (bicyclic) bond motifs is 1. The number of rotatable bonds is 6. The van der Waals surface area contributed by atoms with Crippen LogP contribution in [-0.4, -0.2) is 35.0 Å². The minimum absolute atomic E-state index is 0.304.